The summed E-state index contributed by atoms with van der Waals surface area (Å²) in [5.41, 5.74) is 4.17. The molecule has 0 heterocycles. The van der Waals surface area contributed by atoms with Crippen LogP contribution in [0.2, 0.25) is 0 Å². The van der Waals surface area contributed by atoms with Crippen LogP contribution in [0.15, 0.2) is 47.6 Å². The second-order valence-corrected chi connectivity index (χ2v) is 4.93. The Morgan fingerprint density at radius 2 is 1.71 bits per heavy atom. The molecule has 0 radical (unpaired) electrons. The van der Waals surface area contributed by atoms with Gasteiger partial charge in [0.25, 0.3) is 0 Å². The van der Waals surface area contributed by atoms with E-state index in [0.717, 1.165) is 16.9 Å². The third-order valence-corrected chi connectivity index (χ3v) is 3.33. The maximum Gasteiger partial charge on any atom is 0.244 e. The maximum atomic E-state index is 11.9. The van der Waals surface area contributed by atoms with Crippen LogP contribution in [0.3, 0.4) is 0 Å². The van der Waals surface area contributed by atoms with E-state index in [-0.39, 0.29) is 12.3 Å². The summed E-state index contributed by atoms with van der Waals surface area (Å²) in [4.78, 5) is 11.9. The van der Waals surface area contributed by atoms with Crippen molar-refractivity contribution in [3.63, 3.8) is 0 Å². The van der Waals surface area contributed by atoms with Gasteiger partial charge in [-0.2, -0.15) is 5.10 Å². The van der Waals surface area contributed by atoms with Gasteiger partial charge in [0.1, 0.15) is 5.75 Å². The predicted octanol–water partition coefficient (Wildman–Crippen LogP) is 2.41. The van der Waals surface area contributed by atoms with E-state index in [2.05, 4.69) is 10.5 Å². The number of nitrogens with zero attached hydrogens (tertiary/aromatic N) is 1. The molecule has 0 saturated carbocycles. The van der Waals surface area contributed by atoms with Crippen LogP contribution in [0.4, 0.5) is 0 Å². The lowest BCUT2D eigenvalue weighted by Crippen LogP contribution is -2.19. The molecule has 2 aromatic carbocycles. The highest BCUT2D eigenvalue weighted by atomic mass is 16.5. The van der Waals surface area contributed by atoms with E-state index >= 15 is 0 Å². The van der Waals surface area contributed by atoms with E-state index in [9.17, 15) is 4.79 Å². The molecule has 0 unspecified atom stereocenters. The smallest absolute Gasteiger partial charge is 0.244 e. The van der Waals surface area contributed by atoms with E-state index in [0.29, 0.717) is 11.5 Å². The number of carbonyl (C=O) groups excluding carboxylic acids is 1. The molecular formula is C18H20N2O4. The third kappa shape index (κ3) is 4.74. The Morgan fingerprint density at radius 1 is 1.00 bits per heavy atom. The van der Waals surface area contributed by atoms with Gasteiger partial charge in [-0.15, -0.1) is 0 Å². The molecule has 2 aromatic rings. The molecule has 0 spiro atoms. The zero-order chi connectivity index (χ0) is 17.4. The van der Waals surface area contributed by atoms with Gasteiger partial charge in [0.15, 0.2) is 11.5 Å². The van der Waals surface area contributed by atoms with Crippen molar-refractivity contribution in [1.82, 2.24) is 5.43 Å². The first kappa shape index (κ1) is 17.3. The van der Waals surface area contributed by atoms with Crippen molar-refractivity contribution >= 4 is 12.1 Å². The Hall–Kier alpha value is -3.02. The molecule has 0 aromatic heterocycles. The quantitative estimate of drug-likeness (QED) is 0.626. The van der Waals surface area contributed by atoms with Crippen molar-refractivity contribution < 1.29 is 19.0 Å². The fourth-order valence-electron chi connectivity index (χ4n) is 2.08. The molecule has 0 saturated heterocycles. The number of hydrazone groups is 1. The summed E-state index contributed by atoms with van der Waals surface area (Å²) in [6.45, 7) is 0. The lowest BCUT2D eigenvalue weighted by molar-refractivity contribution is -0.120. The normalized spacial score (nSPS) is 10.5. The number of ether oxygens (including phenoxy) is 3. The van der Waals surface area contributed by atoms with Gasteiger partial charge in [-0.05, 0) is 41.5 Å². The van der Waals surface area contributed by atoms with Gasteiger partial charge in [-0.25, -0.2) is 5.43 Å². The lowest BCUT2D eigenvalue weighted by Gasteiger charge is -2.07. The van der Waals surface area contributed by atoms with Crippen LogP contribution in [0.1, 0.15) is 11.1 Å². The number of nitrogens with one attached hydrogen (secondary N) is 1. The highest BCUT2D eigenvalue weighted by Crippen LogP contribution is 2.26. The van der Waals surface area contributed by atoms with Gasteiger partial charge in [0.05, 0.1) is 34.0 Å². The Bertz CT molecular complexity index is 711. The Labute approximate surface area is 141 Å². The summed E-state index contributed by atoms with van der Waals surface area (Å²) in [5, 5.41) is 3.96. The molecule has 0 fully saturated rings. The zero-order valence-electron chi connectivity index (χ0n) is 13.9. The van der Waals surface area contributed by atoms with Gasteiger partial charge in [0, 0.05) is 0 Å². The average molecular weight is 328 g/mol. The average Bonchev–Trinajstić information content (AvgIpc) is 2.62. The number of amides is 1. The standard InChI is InChI=1S/C18H20N2O4/c1-22-15-7-4-13(5-8-15)11-18(21)20-19-12-14-6-9-16(23-2)17(10-14)24-3/h4-10,12H,11H2,1-3H3,(H,20,21)/b19-12-. The minimum absolute atomic E-state index is 0.197. The molecule has 0 atom stereocenters. The van der Waals surface area contributed by atoms with E-state index < -0.39 is 0 Å². The van der Waals surface area contributed by atoms with Crippen LogP contribution in [0, 0.1) is 0 Å². The number of benzene rings is 2. The maximum absolute atomic E-state index is 11.9. The summed E-state index contributed by atoms with van der Waals surface area (Å²) in [6.07, 6.45) is 1.79. The SMILES string of the molecule is COc1ccc(CC(=O)N/N=C\c2ccc(OC)c(OC)c2)cc1. The van der Waals surface area contributed by atoms with E-state index in [4.69, 9.17) is 14.2 Å². The summed E-state index contributed by atoms with van der Waals surface area (Å²) < 4.78 is 15.5. The zero-order valence-corrected chi connectivity index (χ0v) is 13.9. The fraction of sp³-hybridized carbons (Fsp3) is 0.222. The van der Waals surface area contributed by atoms with E-state index in [1.807, 2.05) is 30.3 Å². The van der Waals surface area contributed by atoms with Crippen molar-refractivity contribution in [3.05, 3.63) is 53.6 Å². The van der Waals surface area contributed by atoms with Gasteiger partial charge in [-0.3, -0.25) is 4.79 Å². The number of carbonyl (C=O) groups is 1. The number of methoxy groups -OCH3 is 3. The minimum Gasteiger partial charge on any atom is -0.497 e. The highest BCUT2D eigenvalue weighted by molar-refractivity contribution is 5.84. The van der Waals surface area contributed by atoms with E-state index in [1.54, 1.807) is 39.7 Å². The topological polar surface area (TPSA) is 69.2 Å². The van der Waals surface area contributed by atoms with Crippen LogP contribution in [-0.2, 0) is 11.2 Å². The molecule has 6 heteroatoms. The summed E-state index contributed by atoms with van der Waals surface area (Å²) in [5.74, 6) is 1.80. The number of hydrogen-bond donors (Lipinski definition) is 1. The molecule has 0 bridgehead atoms. The summed E-state index contributed by atoms with van der Waals surface area (Å²) in [7, 11) is 4.74. The molecule has 0 aliphatic heterocycles. The lowest BCUT2D eigenvalue weighted by atomic mass is 10.1. The second-order valence-electron chi connectivity index (χ2n) is 4.93. The highest BCUT2D eigenvalue weighted by Gasteiger charge is 2.04. The van der Waals surface area contributed by atoms with E-state index in [1.165, 1.54) is 0 Å². The third-order valence-electron chi connectivity index (χ3n) is 3.33. The van der Waals surface area contributed by atoms with Crippen LogP contribution < -0.4 is 19.6 Å². The minimum atomic E-state index is -0.197. The Morgan fingerprint density at radius 3 is 2.33 bits per heavy atom. The van der Waals surface area contributed by atoms with Crippen molar-refractivity contribution in [2.24, 2.45) is 5.10 Å². The largest absolute Gasteiger partial charge is 0.497 e. The monoisotopic (exact) mass is 328 g/mol. The van der Waals surface area contributed by atoms with Crippen LogP contribution in [-0.4, -0.2) is 33.5 Å². The molecule has 0 aliphatic rings. The van der Waals surface area contributed by atoms with Crippen molar-refractivity contribution in [2.45, 2.75) is 6.42 Å². The van der Waals surface area contributed by atoms with Crippen LogP contribution >= 0.6 is 0 Å². The first-order valence-corrected chi connectivity index (χ1v) is 7.33. The van der Waals surface area contributed by atoms with Crippen LogP contribution in [0.5, 0.6) is 17.2 Å². The van der Waals surface area contributed by atoms with Crippen LogP contribution in [0.25, 0.3) is 0 Å². The number of rotatable bonds is 7. The van der Waals surface area contributed by atoms with Crippen molar-refractivity contribution in [2.75, 3.05) is 21.3 Å². The first-order valence-electron chi connectivity index (χ1n) is 7.33. The molecule has 2 rings (SSSR count). The first-order chi connectivity index (χ1) is 11.7. The Balaban J connectivity index is 1.91. The van der Waals surface area contributed by atoms with Gasteiger partial charge >= 0.3 is 0 Å². The molecule has 24 heavy (non-hydrogen) atoms. The second kappa shape index (κ2) is 8.57. The van der Waals surface area contributed by atoms with Gasteiger partial charge in [-0.1, -0.05) is 12.1 Å². The molecule has 1 amide bonds. The van der Waals surface area contributed by atoms with Gasteiger partial charge in [0.2, 0.25) is 5.91 Å². The Kier molecular flexibility index (Phi) is 6.19. The molecule has 126 valence electrons. The molecule has 1 N–H and O–H groups in total. The summed E-state index contributed by atoms with van der Waals surface area (Å²) >= 11 is 0. The van der Waals surface area contributed by atoms with Crippen molar-refractivity contribution in [3.8, 4) is 17.2 Å². The number of hydrogen-bond acceptors (Lipinski definition) is 5. The predicted molar refractivity (Wildman–Crippen MR) is 92.0 cm³/mol. The summed E-state index contributed by atoms with van der Waals surface area (Å²) in [6, 6.07) is 12.7. The van der Waals surface area contributed by atoms with Gasteiger partial charge < -0.3 is 14.2 Å². The fourth-order valence-corrected chi connectivity index (χ4v) is 2.08. The van der Waals surface area contributed by atoms with Crippen molar-refractivity contribution in [1.29, 1.82) is 0 Å². The molecular weight excluding hydrogens is 308 g/mol. The molecule has 6 nitrogen and oxygen atoms in total. The molecule has 0 aliphatic carbocycles.